The fourth-order valence-corrected chi connectivity index (χ4v) is 3.92. The third-order valence-electron chi connectivity index (χ3n) is 5.49. The number of hydrogen-bond donors (Lipinski definition) is 1. The fourth-order valence-electron chi connectivity index (χ4n) is 3.92. The average Bonchev–Trinajstić information content (AvgIpc) is 2.77. The van der Waals surface area contributed by atoms with Crippen molar-refractivity contribution in [3.05, 3.63) is 89.7 Å². The van der Waals surface area contributed by atoms with E-state index >= 15 is 0 Å². The van der Waals surface area contributed by atoms with Gasteiger partial charge in [-0.25, -0.2) is 0 Å². The van der Waals surface area contributed by atoms with Gasteiger partial charge in [-0.3, -0.25) is 9.78 Å². The number of rotatable bonds is 5. The van der Waals surface area contributed by atoms with Crippen LogP contribution in [-0.2, 0) is 6.42 Å². The van der Waals surface area contributed by atoms with Crippen molar-refractivity contribution in [2.75, 3.05) is 23.8 Å². The second-order valence-corrected chi connectivity index (χ2v) is 7.33. The van der Waals surface area contributed by atoms with E-state index in [1.54, 1.807) is 11.1 Å². The Labute approximate surface area is 166 Å². The van der Waals surface area contributed by atoms with Crippen LogP contribution in [0.15, 0.2) is 73.1 Å². The highest BCUT2D eigenvalue weighted by atomic mass is 16.2. The Morgan fingerprint density at radius 1 is 1.14 bits per heavy atom. The molecule has 1 aliphatic carbocycles. The SMILES string of the molecule is CN(C(=O)c1ccccc1)c1ccc2c(c1)CCC[C@H]2CNc1cccnc1. The first kappa shape index (κ1) is 18.2. The van der Waals surface area contributed by atoms with Gasteiger partial charge in [0.2, 0.25) is 0 Å². The van der Waals surface area contributed by atoms with E-state index in [0.29, 0.717) is 11.5 Å². The van der Waals surface area contributed by atoms with Gasteiger partial charge in [0.25, 0.3) is 5.91 Å². The molecule has 1 atom stereocenters. The molecule has 3 aromatic rings. The number of amides is 1. The first-order valence-corrected chi connectivity index (χ1v) is 9.82. The highest BCUT2D eigenvalue weighted by Gasteiger charge is 2.22. The number of anilines is 2. The number of nitrogens with one attached hydrogen (secondary N) is 1. The monoisotopic (exact) mass is 371 g/mol. The lowest BCUT2D eigenvalue weighted by Crippen LogP contribution is -2.26. The summed E-state index contributed by atoms with van der Waals surface area (Å²) >= 11 is 0. The van der Waals surface area contributed by atoms with Crippen LogP contribution >= 0.6 is 0 Å². The molecule has 4 nitrogen and oxygen atoms in total. The zero-order valence-electron chi connectivity index (χ0n) is 16.1. The maximum Gasteiger partial charge on any atom is 0.258 e. The molecule has 0 bridgehead atoms. The quantitative estimate of drug-likeness (QED) is 0.694. The normalized spacial score (nSPS) is 15.5. The predicted octanol–water partition coefficient (Wildman–Crippen LogP) is 4.89. The molecule has 1 aromatic heterocycles. The Morgan fingerprint density at radius 2 is 2.00 bits per heavy atom. The number of fused-ring (bicyclic) bond motifs is 1. The first-order valence-electron chi connectivity index (χ1n) is 9.82. The summed E-state index contributed by atoms with van der Waals surface area (Å²) in [5, 5.41) is 3.51. The molecule has 0 saturated carbocycles. The van der Waals surface area contributed by atoms with Crippen molar-refractivity contribution in [3.8, 4) is 0 Å². The van der Waals surface area contributed by atoms with Crippen LogP contribution in [0.25, 0.3) is 0 Å². The molecule has 0 spiro atoms. The number of aromatic nitrogens is 1. The Kier molecular flexibility index (Phi) is 5.38. The second kappa shape index (κ2) is 8.26. The molecule has 1 heterocycles. The van der Waals surface area contributed by atoms with Crippen LogP contribution in [0.1, 0.15) is 40.2 Å². The van der Waals surface area contributed by atoms with Crippen LogP contribution in [0.3, 0.4) is 0 Å². The summed E-state index contributed by atoms with van der Waals surface area (Å²) in [6.45, 7) is 0.900. The molecule has 1 amide bonds. The van der Waals surface area contributed by atoms with E-state index in [2.05, 4.69) is 28.5 Å². The van der Waals surface area contributed by atoms with Crippen LogP contribution in [-0.4, -0.2) is 24.5 Å². The first-order chi connectivity index (χ1) is 13.7. The number of nitrogens with zero attached hydrogens (tertiary/aromatic N) is 2. The number of carbonyl (C=O) groups is 1. The maximum atomic E-state index is 12.7. The number of carbonyl (C=O) groups excluding carboxylic acids is 1. The fraction of sp³-hybridized carbons (Fsp3) is 0.250. The third-order valence-corrected chi connectivity index (χ3v) is 5.49. The zero-order chi connectivity index (χ0) is 19.3. The predicted molar refractivity (Wildman–Crippen MR) is 114 cm³/mol. The standard InChI is InChI=1S/C24H25N3O/c1-27(24(28)18-7-3-2-4-8-18)22-12-13-23-19(15-22)9-5-10-20(23)16-26-21-11-6-14-25-17-21/h2-4,6-8,11-15,17,20,26H,5,9-10,16H2,1H3/t20-/m0/s1. The number of aryl methyl sites for hydroxylation is 1. The van der Waals surface area contributed by atoms with Gasteiger partial charge in [0, 0.05) is 43.2 Å². The third kappa shape index (κ3) is 3.91. The maximum absolute atomic E-state index is 12.7. The van der Waals surface area contributed by atoms with Crippen molar-refractivity contribution in [1.82, 2.24) is 4.98 Å². The number of hydrogen-bond acceptors (Lipinski definition) is 3. The largest absolute Gasteiger partial charge is 0.383 e. The lowest BCUT2D eigenvalue weighted by atomic mass is 9.82. The van der Waals surface area contributed by atoms with E-state index in [9.17, 15) is 4.79 Å². The van der Waals surface area contributed by atoms with E-state index in [0.717, 1.165) is 24.3 Å². The lowest BCUT2D eigenvalue weighted by molar-refractivity contribution is 0.0993. The minimum Gasteiger partial charge on any atom is -0.383 e. The van der Waals surface area contributed by atoms with Gasteiger partial charge in [-0.2, -0.15) is 0 Å². The van der Waals surface area contributed by atoms with E-state index in [1.807, 2.05) is 55.7 Å². The molecule has 0 saturated heterocycles. The van der Waals surface area contributed by atoms with Crippen LogP contribution < -0.4 is 10.2 Å². The Morgan fingerprint density at radius 3 is 2.79 bits per heavy atom. The van der Waals surface area contributed by atoms with Gasteiger partial charge < -0.3 is 10.2 Å². The average molecular weight is 371 g/mol. The van der Waals surface area contributed by atoms with Gasteiger partial charge in [-0.15, -0.1) is 0 Å². The molecule has 0 radical (unpaired) electrons. The van der Waals surface area contributed by atoms with Gasteiger partial charge in [-0.1, -0.05) is 24.3 Å². The Bertz CT molecular complexity index is 941. The molecule has 142 valence electrons. The van der Waals surface area contributed by atoms with Crippen molar-refractivity contribution >= 4 is 17.3 Å². The van der Waals surface area contributed by atoms with E-state index in [-0.39, 0.29) is 5.91 Å². The summed E-state index contributed by atoms with van der Waals surface area (Å²) < 4.78 is 0. The molecule has 4 heteroatoms. The van der Waals surface area contributed by atoms with E-state index in [4.69, 9.17) is 0 Å². The Balaban J connectivity index is 1.50. The minimum absolute atomic E-state index is 0.0196. The van der Waals surface area contributed by atoms with Crippen molar-refractivity contribution in [3.63, 3.8) is 0 Å². The summed E-state index contributed by atoms with van der Waals surface area (Å²) in [7, 11) is 1.85. The van der Waals surface area contributed by atoms with Crippen molar-refractivity contribution in [2.24, 2.45) is 0 Å². The van der Waals surface area contributed by atoms with Crippen LogP contribution in [0.4, 0.5) is 11.4 Å². The van der Waals surface area contributed by atoms with Gasteiger partial charge >= 0.3 is 0 Å². The number of pyridine rings is 1. The molecule has 0 fully saturated rings. The minimum atomic E-state index is 0.0196. The summed E-state index contributed by atoms with van der Waals surface area (Å²) in [5.74, 6) is 0.499. The summed E-state index contributed by atoms with van der Waals surface area (Å²) in [6.07, 6.45) is 7.07. The van der Waals surface area contributed by atoms with Gasteiger partial charge in [0.15, 0.2) is 0 Å². The second-order valence-electron chi connectivity index (χ2n) is 7.33. The molecular weight excluding hydrogens is 346 g/mol. The highest BCUT2D eigenvalue weighted by Crippen LogP contribution is 2.34. The van der Waals surface area contributed by atoms with Crippen molar-refractivity contribution < 1.29 is 4.79 Å². The zero-order valence-corrected chi connectivity index (χ0v) is 16.1. The Hall–Kier alpha value is -3.14. The highest BCUT2D eigenvalue weighted by molar-refractivity contribution is 6.05. The van der Waals surface area contributed by atoms with E-state index < -0.39 is 0 Å². The molecule has 0 unspecified atom stereocenters. The molecule has 1 aliphatic rings. The van der Waals surface area contributed by atoms with Crippen LogP contribution in [0.2, 0.25) is 0 Å². The smallest absolute Gasteiger partial charge is 0.258 e. The molecule has 2 aromatic carbocycles. The summed E-state index contributed by atoms with van der Waals surface area (Å²) in [5.41, 5.74) is 5.47. The van der Waals surface area contributed by atoms with Crippen LogP contribution in [0, 0.1) is 0 Å². The molecular formula is C24H25N3O. The molecule has 1 N–H and O–H groups in total. The lowest BCUT2D eigenvalue weighted by Gasteiger charge is -2.28. The molecule has 4 rings (SSSR count). The van der Waals surface area contributed by atoms with Gasteiger partial charge in [0.1, 0.15) is 0 Å². The summed E-state index contributed by atoms with van der Waals surface area (Å²) in [6, 6.07) is 19.9. The van der Waals surface area contributed by atoms with Gasteiger partial charge in [0.05, 0.1) is 5.69 Å². The van der Waals surface area contributed by atoms with Gasteiger partial charge in [-0.05, 0) is 66.8 Å². The topological polar surface area (TPSA) is 45.2 Å². The van der Waals surface area contributed by atoms with Crippen LogP contribution in [0.5, 0.6) is 0 Å². The van der Waals surface area contributed by atoms with E-state index in [1.165, 1.54) is 24.0 Å². The number of benzene rings is 2. The van der Waals surface area contributed by atoms with Crippen molar-refractivity contribution in [2.45, 2.75) is 25.2 Å². The summed E-state index contributed by atoms with van der Waals surface area (Å²) in [4.78, 5) is 18.7. The molecule has 0 aliphatic heterocycles. The van der Waals surface area contributed by atoms with Crippen molar-refractivity contribution in [1.29, 1.82) is 0 Å². The molecule has 28 heavy (non-hydrogen) atoms.